The third-order valence-electron chi connectivity index (χ3n) is 2.33. The molecular weight excluding hydrogens is 294 g/mol. The first kappa shape index (κ1) is 15.1. The molecule has 18 heavy (non-hydrogen) atoms. The van der Waals surface area contributed by atoms with Gasteiger partial charge in [-0.3, -0.25) is 0 Å². The van der Waals surface area contributed by atoms with Crippen LogP contribution in [0.15, 0.2) is 34.8 Å². The maximum absolute atomic E-state index is 5.69. The molecular formula is C14H20BrNO2. The van der Waals surface area contributed by atoms with E-state index < -0.39 is 0 Å². The maximum Gasteiger partial charge on any atom is 0.134 e. The van der Waals surface area contributed by atoms with E-state index in [2.05, 4.69) is 41.7 Å². The Morgan fingerprint density at radius 3 is 2.72 bits per heavy atom. The van der Waals surface area contributed by atoms with Gasteiger partial charge in [-0.2, -0.15) is 0 Å². The fourth-order valence-electron chi connectivity index (χ4n) is 1.30. The van der Waals surface area contributed by atoms with E-state index in [9.17, 15) is 0 Å². The monoisotopic (exact) mass is 313 g/mol. The molecule has 1 rings (SSSR count). The Morgan fingerprint density at radius 2 is 2.17 bits per heavy atom. The molecule has 3 nitrogen and oxygen atoms in total. The molecule has 0 aliphatic rings. The van der Waals surface area contributed by atoms with Crippen LogP contribution in [0.4, 0.5) is 0 Å². The summed E-state index contributed by atoms with van der Waals surface area (Å²) in [6.07, 6.45) is 0. The van der Waals surface area contributed by atoms with Gasteiger partial charge in [0.15, 0.2) is 0 Å². The molecule has 100 valence electrons. The minimum Gasteiger partial charge on any atom is -0.497 e. The van der Waals surface area contributed by atoms with Crippen LogP contribution in [0.25, 0.3) is 0 Å². The molecule has 0 radical (unpaired) electrons. The Kier molecular flexibility index (Phi) is 6.22. The van der Waals surface area contributed by atoms with Crippen molar-refractivity contribution in [3.8, 4) is 11.5 Å². The number of benzene rings is 1. The van der Waals surface area contributed by atoms with Crippen molar-refractivity contribution in [1.82, 2.24) is 5.32 Å². The predicted molar refractivity (Wildman–Crippen MR) is 78.5 cm³/mol. The van der Waals surface area contributed by atoms with Crippen LogP contribution in [-0.2, 0) is 0 Å². The first-order valence-corrected chi connectivity index (χ1v) is 6.68. The standard InChI is InChI=1S/C14H20BrNO2/c1-10(2)16-8-11(3)9-18-14-6-5-12(17-4)7-13(14)15/h5-7,10,16H,3,8-9H2,1-2,4H3. The third kappa shape index (κ3) is 5.10. The zero-order valence-electron chi connectivity index (χ0n) is 11.1. The highest BCUT2D eigenvalue weighted by Gasteiger charge is 2.04. The summed E-state index contributed by atoms with van der Waals surface area (Å²) in [6, 6.07) is 6.08. The summed E-state index contributed by atoms with van der Waals surface area (Å²) in [7, 11) is 1.64. The highest BCUT2D eigenvalue weighted by Crippen LogP contribution is 2.29. The Labute approximate surface area is 117 Å². The van der Waals surface area contributed by atoms with E-state index in [-0.39, 0.29) is 0 Å². The van der Waals surface area contributed by atoms with Gasteiger partial charge in [-0.05, 0) is 39.7 Å². The van der Waals surface area contributed by atoms with Crippen LogP contribution in [0.2, 0.25) is 0 Å². The molecule has 1 N–H and O–H groups in total. The first-order chi connectivity index (χ1) is 8.52. The molecule has 4 heteroatoms. The second-order valence-corrected chi connectivity index (χ2v) is 5.22. The average Bonchev–Trinajstić information content (AvgIpc) is 2.34. The number of rotatable bonds is 7. The van der Waals surface area contributed by atoms with Crippen LogP contribution >= 0.6 is 15.9 Å². The number of halogens is 1. The van der Waals surface area contributed by atoms with E-state index in [1.807, 2.05) is 18.2 Å². The van der Waals surface area contributed by atoms with Crippen molar-refractivity contribution >= 4 is 15.9 Å². The first-order valence-electron chi connectivity index (χ1n) is 5.89. The molecule has 0 saturated carbocycles. The lowest BCUT2D eigenvalue weighted by Crippen LogP contribution is -2.26. The lowest BCUT2D eigenvalue weighted by molar-refractivity contribution is 0.343. The Morgan fingerprint density at radius 1 is 1.44 bits per heavy atom. The summed E-state index contributed by atoms with van der Waals surface area (Å²) >= 11 is 3.45. The van der Waals surface area contributed by atoms with E-state index in [1.165, 1.54) is 0 Å². The third-order valence-corrected chi connectivity index (χ3v) is 2.95. The van der Waals surface area contributed by atoms with Gasteiger partial charge in [0.1, 0.15) is 18.1 Å². The summed E-state index contributed by atoms with van der Waals surface area (Å²) in [6.45, 7) is 9.46. The van der Waals surface area contributed by atoms with E-state index in [0.717, 1.165) is 28.1 Å². The molecule has 0 spiro atoms. The Bertz CT molecular complexity index is 405. The Hall–Kier alpha value is -1.00. The minimum atomic E-state index is 0.453. The molecule has 0 heterocycles. The number of methoxy groups -OCH3 is 1. The van der Waals surface area contributed by atoms with Gasteiger partial charge < -0.3 is 14.8 Å². The van der Waals surface area contributed by atoms with Crippen molar-refractivity contribution in [2.75, 3.05) is 20.3 Å². The maximum atomic E-state index is 5.69. The number of hydrogen-bond donors (Lipinski definition) is 1. The molecule has 0 amide bonds. The molecule has 0 unspecified atom stereocenters. The highest BCUT2D eigenvalue weighted by molar-refractivity contribution is 9.10. The van der Waals surface area contributed by atoms with Gasteiger partial charge in [-0.15, -0.1) is 0 Å². The molecule has 1 aromatic rings. The summed E-state index contributed by atoms with van der Waals surface area (Å²) in [4.78, 5) is 0. The van der Waals surface area contributed by atoms with Gasteiger partial charge in [0.05, 0.1) is 11.6 Å². The van der Waals surface area contributed by atoms with Crippen molar-refractivity contribution < 1.29 is 9.47 Å². The van der Waals surface area contributed by atoms with E-state index in [4.69, 9.17) is 9.47 Å². The Balaban J connectivity index is 2.46. The van der Waals surface area contributed by atoms with E-state index in [1.54, 1.807) is 7.11 Å². The SMILES string of the molecule is C=C(CNC(C)C)COc1ccc(OC)cc1Br. The van der Waals surface area contributed by atoms with Crippen LogP contribution in [0.1, 0.15) is 13.8 Å². The highest BCUT2D eigenvalue weighted by atomic mass is 79.9. The number of hydrogen-bond acceptors (Lipinski definition) is 3. The molecule has 1 aromatic carbocycles. The van der Waals surface area contributed by atoms with Crippen molar-refractivity contribution in [3.05, 3.63) is 34.8 Å². The van der Waals surface area contributed by atoms with Gasteiger partial charge in [-0.1, -0.05) is 20.4 Å². The predicted octanol–water partition coefficient (Wildman–Crippen LogP) is 3.39. The summed E-state index contributed by atoms with van der Waals surface area (Å²) < 4.78 is 11.7. The number of ether oxygens (including phenoxy) is 2. The van der Waals surface area contributed by atoms with Crippen molar-refractivity contribution in [2.45, 2.75) is 19.9 Å². The topological polar surface area (TPSA) is 30.5 Å². The average molecular weight is 314 g/mol. The van der Waals surface area contributed by atoms with E-state index >= 15 is 0 Å². The second-order valence-electron chi connectivity index (χ2n) is 4.37. The summed E-state index contributed by atoms with van der Waals surface area (Å²) in [5, 5.41) is 3.30. The van der Waals surface area contributed by atoms with Crippen LogP contribution in [0, 0.1) is 0 Å². The smallest absolute Gasteiger partial charge is 0.134 e. The van der Waals surface area contributed by atoms with Gasteiger partial charge in [0.25, 0.3) is 0 Å². The zero-order chi connectivity index (χ0) is 13.5. The van der Waals surface area contributed by atoms with E-state index in [0.29, 0.717) is 12.6 Å². The molecule has 0 aliphatic carbocycles. The van der Waals surface area contributed by atoms with Crippen molar-refractivity contribution in [2.24, 2.45) is 0 Å². The lowest BCUT2D eigenvalue weighted by Gasteiger charge is -2.13. The molecule has 0 aromatic heterocycles. The summed E-state index contributed by atoms with van der Waals surface area (Å²) in [5.74, 6) is 1.59. The van der Waals surface area contributed by atoms with Gasteiger partial charge in [-0.25, -0.2) is 0 Å². The fourth-order valence-corrected chi connectivity index (χ4v) is 1.78. The van der Waals surface area contributed by atoms with Crippen molar-refractivity contribution in [1.29, 1.82) is 0 Å². The van der Waals surface area contributed by atoms with Crippen LogP contribution < -0.4 is 14.8 Å². The van der Waals surface area contributed by atoms with Crippen LogP contribution in [0.3, 0.4) is 0 Å². The zero-order valence-corrected chi connectivity index (χ0v) is 12.7. The lowest BCUT2D eigenvalue weighted by atomic mass is 10.3. The van der Waals surface area contributed by atoms with Crippen molar-refractivity contribution in [3.63, 3.8) is 0 Å². The normalized spacial score (nSPS) is 10.5. The molecule has 0 fully saturated rings. The molecule has 0 atom stereocenters. The van der Waals surface area contributed by atoms with Gasteiger partial charge >= 0.3 is 0 Å². The molecule has 0 saturated heterocycles. The van der Waals surface area contributed by atoms with Crippen LogP contribution in [-0.4, -0.2) is 26.3 Å². The summed E-state index contributed by atoms with van der Waals surface area (Å²) in [5.41, 5.74) is 1.02. The quantitative estimate of drug-likeness (QED) is 0.783. The van der Waals surface area contributed by atoms with Gasteiger partial charge in [0, 0.05) is 12.6 Å². The molecule has 0 aliphatic heterocycles. The van der Waals surface area contributed by atoms with Crippen LogP contribution in [0.5, 0.6) is 11.5 Å². The number of nitrogens with one attached hydrogen (secondary N) is 1. The molecule has 0 bridgehead atoms. The van der Waals surface area contributed by atoms with Gasteiger partial charge in [0.2, 0.25) is 0 Å². The minimum absolute atomic E-state index is 0.453. The largest absolute Gasteiger partial charge is 0.497 e. The second kappa shape index (κ2) is 7.44. The fraction of sp³-hybridized carbons (Fsp3) is 0.429.